The number of fused-ring (bicyclic) bond motifs is 3. The van der Waals surface area contributed by atoms with Crippen LogP contribution in [-0.4, -0.2) is 11.8 Å². The molecule has 0 saturated heterocycles. The van der Waals surface area contributed by atoms with Crippen LogP contribution >= 0.6 is 15.9 Å². The molecule has 1 atom stereocenters. The predicted octanol–water partition coefficient (Wildman–Crippen LogP) is 2.55. The van der Waals surface area contributed by atoms with E-state index < -0.39 is 11.4 Å². The third kappa shape index (κ3) is 2.02. The maximum absolute atomic E-state index is 13.1. The molecule has 6 nitrogen and oxygen atoms in total. The molecule has 0 aromatic heterocycles. The highest BCUT2D eigenvalue weighted by Gasteiger charge is 2.61. The van der Waals surface area contributed by atoms with Gasteiger partial charge in [0, 0.05) is 27.7 Å². The average Bonchev–Trinajstić information content (AvgIpc) is 2.78. The van der Waals surface area contributed by atoms with E-state index in [0.29, 0.717) is 23.4 Å². The SMILES string of the molecule is CC1(C)CC(=O)C2=C(C1)NC(N)=C(C#N)[C@]21C(=O)Oc2cc(Br)ccc21. The Hall–Kier alpha value is -2.59. The number of ether oxygens (including phenoxy) is 1. The smallest absolute Gasteiger partial charge is 0.332 e. The van der Waals surface area contributed by atoms with Crippen LogP contribution in [-0.2, 0) is 15.0 Å². The summed E-state index contributed by atoms with van der Waals surface area (Å²) in [5.41, 5.74) is 5.63. The van der Waals surface area contributed by atoms with Gasteiger partial charge in [-0.3, -0.25) is 4.79 Å². The van der Waals surface area contributed by atoms with E-state index in [1.54, 1.807) is 18.2 Å². The molecular formula is C19H16BrN3O3. The number of Topliss-reactive ketones (excluding diaryl/α,β-unsaturated/α-hetero) is 1. The number of nitrogens with two attached hydrogens (primary N) is 1. The Balaban J connectivity index is 2.09. The number of nitrogens with one attached hydrogen (secondary N) is 1. The summed E-state index contributed by atoms with van der Waals surface area (Å²) in [6.45, 7) is 3.97. The zero-order valence-electron chi connectivity index (χ0n) is 14.3. The molecule has 1 aromatic rings. The Morgan fingerprint density at radius 1 is 1.31 bits per heavy atom. The molecule has 0 unspecified atom stereocenters. The Labute approximate surface area is 158 Å². The number of esters is 1. The van der Waals surface area contributed by atoms with Gasteiger partial charge in [0.15, 0.2) is 11.2 Å². The van der Waals surface area contributed by atoms with Crippen molar-refractivity contribution in [2.75, 3.05) is 0 Å². The zero-order chi connectivity index (χ0) is 18.9. The minimum Gasteiger partial charge on any atom is -0.425 e. The first-order valence-electron chi connectivity index (χ1n) is 8.17. The van der Waals surface area contributed by atoms with Crippen molar-refractivity contribution in [3.8, 4) is 11.8 Å². The number of ketones is 1. The second kappa shape index (κ2) is 5.21. The van der Waals surface area contributed by atoms with E-state index >= 15 is 0 Å². The Morgan fingerprint density at radius 2 is 2.04 bits per heavy atom. The molecule has 2 heterocycles. The van der Waals surface area contributed by atoms with Crippen LogP contribution in [0.1, 0.15) is 32.3 Å². The molecule has 26 heavy (non-hydrogen) atoms. The minimum atomic E-state index is -1.59. The van der Waals surface area contributed by atoms with Crippen molar-refractivity contribution in [1.29, 1.82) is 5.26 Å². The van der Waals surface area contributed by atoms with E-state index in [1.165, 1.54) is 0 Å². The molecule has 7 heteroatoms. The summed E-state index contributed by atoms with van der Waals surface area (Å²) < 4.78 is 6.22. The van der Waals surface area contributed by atoms with Gasteiger partial charge in [-0.15, -0.1) is 0 Å². The van der Waals surface area contributed by atoms with Gasteiger partial charge in [0.2, 0.25) is 0 Å². The molecule has 0 radical (unpaired) electrons. The lowest BCUT2D eigenvalue weighted by atomic mass is 9.61. The standard InChI is InChI=1S/C19H16BrN3O3/c1-18(2)6-12-15(13(24)7-18)19(11(8-21)16(22)23-12)10-4-3-9(20)5-14(10)26-17(19)25/h3-5,23H,6-7,22H2,1-2H3/t19-/m0/s1. The number of dihydropyridines is 1. The first-order valence-corrected chi connectivity index (χ1v) is 8.96. The number of carbonyl (C=O) groups excluding carboxylic acids is 2. The van der Waals surface area contributed by atoms with Gasteiger partial charge in [-0.1, -0.05) is 35.8 Å². The molecule has 3 N–H and O–H groups in total. The largest absolute Gasteiger partial charge is 0.425 e. The number of nitriles is 1. The lowest BCUT2D eigenvalue weighted by molar-refractivity contribution is -0.137. The lowest BCUT2D eigenvalue weighted by Gasteiger charge is -2.41. The normalized spacial score (nSPS) is 26.2. The molecule has 3 aliphatic rings. The fourth-order valence-electron chi connectivity index (χ4n) is 4.21. The van der Waals surface area contributed by atoms with E-state index in [0.717, 1.165) is 4.47 Å². The molecule has 0 fully saturated rings. The number of halogens is 1. The summed E-state index contributed by atoms with van der Waals surface area (Å²) in [5.74, 6) is -0.412. The summed E-state index contributed by atoms with van der Waals surface area (Å²) in [7, 11) is 0. The van der Waals surface area contributed by atoms with Gasteiger partial charge in [0.1, 0.15) is 17.6 Å². The van der Waals surface area contributed by atoms with Gasteiger partial charge in [-0.25, -0.2) is 4.79 Å². The van der Waals surface area contributed by atoms with Gasteiger partial charge in [-0.05, 0) is 24.0 Å². The lowest BCUT2D eigenvalue weighted by Crippen LogP contribution is -2.50. The molecule has 1 aromatic carbocycles. The monoisotopic (exact) mass is 413 g/mol. The summed E-state index contributed by atoms with van der Waals surface area (Å²) >= 11 is 3.35. The van der Waals surface area contributed by atoms with Crippen LogP contribution < -0.4 is 15.8 Å². The van der Waals surface area contributed by atoms with Crippen LogP contribution in [0, 0.1) is 16.7 Å². The maximum atomic E-state index is 13.1. The average molecular weight is 414 g/mol. The van der Waals surface area contributed by atoms with Crippen LogP contribution in [0.5, 0.6) is 5.75 Å². The van der Waals surface area contributed by atoms with Crippen molar-refractivity contribution in [2.24, 2.45) is 11.1 Å². The fraction of sp³-hybridized carbons (Fsp3) is 0.316. The van der Waals surface area contributed by atoms with Crippen LogP contribution in [0.15, 0.2) is 45.3 Å². The number of allylic oxidation sites excluding steroid dienone is 1. The molecule has 0 saturated carbocycles. The molecular weight excluding hydrogens is 398 g/mol. The van der Waals surface area contributed by atoms with E-state index in [2.05, 4.69) is 21.2 Å². The van der Waals surface area contributed by atoms with Gasteiger partial charge >= 0.3 is 5.97 Å². The van der Waals surface area contributed by atoms with E-state index in [1.807, 2.05) is 19.9 Å². The highest BCUT2D eigenvalue weighted by Crippen LogP contribution is 2.55. The van der Waals surface area contributed by atoms with Crippen molar-refractivity contribution in [3.05, 3.63) is 50.9 Å². The van der Waals surface area contributed by atoms with E-state index in [4.69, 9.17) is 10.5 Å². The highest BCUT2D eigenvalue weighted by atomic mass is 79.9. The summed E-state index contributed by atoms with van der Waals surface area (Å²) in [4.78, 5) is 26.2. The third-order valence-electron chi connectivity index (χ3n) is 5.15. The van der Waals surface area contributed by atoms with Crippen molar-refractivity contribution < 1.29 is 14.3 Å². The van der Waals surface area contributed by atoms with E-state index in [9.17, 15) is 14.9 Å². The Morgan fingerprint density at radius 3 is 2.73 bits per heavy atom. The Kier molecular flexibility index (Phi) is 3.38. The number of carbonyl (C=O) groups is 2. The van der Waals surface area contributed by atoms with Crippen LogP contribution in [0.25, 0.3) is 0 Å². The first kappa shape index (κ1) is 16.9. The van der Waals surface area contributed by atoms with Crippen LogP contribution in [0.3, 0.4) is 0 Å². The maximum Gasteiger partial charge on any atom is 0.332 e. The number of hydrogen-bond donors (Lipinski definition) is 2. The van der Waals surface area contributed by atoms with Crippen molar-refractivity contribution in [1.82, 2.24) is 5.32 Å². The number of hydrogen-bond acceptors (Lipinski definition) is 6. The van der Waals surface area contributed by atoms with Gasteiger partial charge in [0.05, 0.1) is 5.57 Å². The van der Waals surface area contributed by atoms with Gasteiger partial charge in [0.25, 0.3) is 0 Å². The second-order valence-electron chi connectivity index (χ2n) is 7.60. The first-order chi connectivity index (χ1) is 12.2. The minimum absolute atomic E-state index is 0.00961. The molecule has 2 aliphatic heterocycles. The molecule has 4 rings (SSSR count). The number of nitrogens with zero attached hydrogens (tertiary/aromatic N) is 1. The van der Waals surface area contributed by atoms with E-state index in [-0.39, 0.29) is 34.6 Å². The van der Waals surface area contributed by atoms with Crippen LogP contribution in [0.4, 0.5) is 0 Å². The number of benzene rings is 1. The van der Waals surface area contributed by atoms with Gasteiger partial charge in [-0.2, -0.15) is 5.26 Å². The molecule has 1 aliphatic carbocycles. The third-order valence-corrected chi connectivity index (χ3v) is 5.64. The molecule has 132 valence electrons. The van der Waals surface area contributed by atoms with Crippen molar-refractivity contribution in [3.63, 3.8) is 0 Å². The summed E-state index contributed by atoms with van der Waals surface area (Å²) in [5, 5.41) is 12.8. The summed E-state index contributed by atoms with van der Waals surface area (Å²) in [6, 6.07) is 7.16. The summed E-state index contributed by atoms with van der Waals surface area (Å²) in [6.07, 6.45) is 0.835. The van der Waals surface area contributed by atoms with Gasteiger partial charge < -0.3 is 15.8 Å². The van der Waals surface area contributed by atoms with Crippen molar-refractivity contribution >= 4 is 27.7 Å². The van der Waals surface area contributed by atoms with Crippen molar-refractivity contribution in [2.45, 2.75) is 32.1 Å². The second-order valence-corrected chi connectivity index (χ2v) is 8.52. The molecule has 0 amide bonds. The fourth-order valence-corrected chi connectivity index (χ4v) is 4.55. The molecule has 1 spiro atoms. The highest BCUT2D eigenvalue weighted by molar-refractivity contribution is 9.10. The zero-order valence-corrected chi connectivity index (χ0v) is 15.9. The predicted molar refractivity (Wildman–Crippen MR) is 96.5 cm³/mol. The Bertz CT molecular complexity index is 1000. The topological polar surface area (TPSA) is 105 Å². The quantitative estimate of drug-likeness (QED) is 0.500. The van der Waals surface area contributed by atoms with Crippen LogP contribution in [0.2, 0.25) is 0 Å². The molecule has 0 bridgehead atoms. The number of rotatable bonds is 0.